The Bertz CT molecular complexity index is 857. The summed E-state index contributed by atoms with van der Waals surface area (Å²) < 4.78 is 32.5. The molecule has 1 N–H and O–H groups in total. The predicted molar refractivity (Wildman–Crippen MR) is 74.4 cm³/mol. The molecule has 21 heavy (non-hydrogen) atoms. The van der Waals surface area contributed by atoms with Crippen molar-refractivity contribution in [2.24, 2.45) is 0 Å². The summed E-state index contributed by atoms with van der Waals surface area (Å²) in [5, 5.41) is 10.1. The first-order valence-corrected chi connectivity index (χ1v) is 7.25. The number of aromatic amines is 1. The lowest BCUT2D eigenvalue weighted by atomic mass is 10.2. The highest BCUT2D eigenvalue weighted by Gasteiger charge is 2.19. The number of rotatable bonds is 3. The predicted octanol–water partition coefficient (Wildman–Crippen LogP) is -0.0951. The van der Waals surface area contributed by atoms with E-state index in [2.05, 4.69) is 9.17 Å². The summed E-state index contributed by atoms with van der Waals surface area (Å²) >= 11 is 0. The number of fused-ring (bicyclic) bond motifs is 3. The van der Waals surface area contributed by atoms with E-state index in [1.807, 2.05) is 24.3 Å². The third-order valence-corrected chi connectivity index (χ3v) is 3.57. The maximum absolute atomic E-state index is 11.2. The maximum Gasteiger partial charge on any atom is 0.502 e. The number of benzene rings is 1. The van der Waals surface area contributed by atoms with Crippen LogP contribution in [0.25, 0.3) is 21.8 Å². The van der Waals surface area contributed by atoms with Gasteiger partial charge in [0.2, 0.25) is 12.4 Å². The van der Waals surface area contributed by atoms with Gasteiger partial charge in [-0.1, -0.05) is 18.2 Å². The minimum Gasteiger partial charge on any atom is -0.857 e. The molecule has 0 saturated heterocycles. The second-order valence-electron chi connectivity index (χ2n) is 3.95. The van der Waals surface area contributed by atoms with Gasteiger partial charge in [-0.2, -0.15) is 15.5 Å². The van der Waals surface area contributed by atoms with Gasteiger partial charge in [0.25, 0.3) is 0 Å². The van der Waals surface area contributed by atoms with Gasteiger partial charge in [0.1, 0.15) is 0 Å². The molecular weight excluding hydrogens is 296 g/mol. The molecule has 0 unspecified atom stereocenters. The van der Waals surface area contributed by atoms with Crippen molar-refractivity contribution in [3.05, 3.63) is 42.7 Å². The van der Waals surface area contributed by atoms with Gasteiger partial charge in [-0.05, 0) is 6.07 Å². The molecule has 0 saturated carbocycles. The van der Waals surface area contributed by atoms with Crippen molar-refractivity contribution in [1.82, 2.24) is 4.98 Å². The third-order valence-electron chi connectivity index (χ3n) is 2.80. The van der Waals surface area contributed by atoms with Gasteiger partial charge in [0.15, 0.2) is 0 Å². The van der Waals surface area contributed by atoms with Crippen LogP contribution in [-0.2, 0) is 14.6 Å². The van der Waals surface area contributed by atoms with Crippen LogP contribution in [0.15, 0.2) is 42.7 Å². The average Bonchev–Trinajstić information content (AvgIpc) is 2.87. The molecule has 2 heterocycles. The molecule has 1 aromatic carbocycles. The Morgan fingerprint density at radius 2 is 1.76 bits per heavy atom. The van der Waals surface area contributed by atoms with E-state index in [9.17, 15) is 8.42 Å². The summed E-state index contributed by atoms with van der Waals surface area (Å²) in [6.45, 7) is 0. The first-order chi connectivity index (χ1) is 10.1. The molecule has 0 fully saturated rings. The van der Waals surface area contributed by atoms with Crippen LogP contribution in [0.3, 0.4) is 0 Å². The maximum atomic E-state index is 11.2. The number of H-pyrrole nitrogens is 1. The first-order valence-electron chi connectivity index (χ1n) is 5.92. The lowest BCUT2D eigenvalue weighted by Crippen LogP contribution is -2.45. The van der Waals surface area contributed by atoms with Crippen molar-refractivity contribution in [3.8, 4) is 0 Å². The van der Waals surface area contributed by atoms with Crippen molar-refractivity contribution in [1.29, 1.82) is 0 Å². The van der Waals surface area contributed by atoms with Crippen molar-refractivity contribution in [3.63, 3.8) is 0 Å². The summed E-state index contributed by atoms with van der Waals surface area (Å²) in [5.41, 5.74) is 1.88. The molecule has 7 nitrogen and oxygen atoms in total. The molecule has 0 bridgehead atoms. The van der Waals surface area contributed by atoms with E-state index >= 15 is 0 Å². The second-order valence-corrected chi connectivity index (χ2v) is 5.25. The Kier molecular flexibility index (Phi) is 4.41. The Morgan fingerprint density at radius 1 is 1.10 bits per heavy atom. The van der Waals surface area contributed by atoms with Gasteiger partial charge >= 0.3 is 10.4 Å². The van der Waals surface area contributed by atoms with Gasteiger partial charge in [0, 0.05) is 21.7 Å². The third kappa shape index (κ3) is 3.13. The van der Waals surface area contributed by atoms with E-state index in [0.717, 1.165) is 40.8 Å². The minimum absolute atomic E-state index is 0.750. The number of hydrogen-bond acceptors (Lipinski definition) is 5. The second kappa shape index (κ2) is 6.08. The molecule has 112 valence electrons. The molecule has 8 heteroatoms. The zero-order valence-corrected chi connectivity index (χ0v) is 12.3. The van der Waals surface area contributed by atoms with Crippen molar-refractivity contribution in [2.45, 2.75) is 0 Å². The fourth-order valence-electron chi connectivity index (χ4n) is 1.96. The van der Waals surface area contributed by atoms with E-state index in [-0.39, 0.29) is 0 Å². The van der Waals surface area contributed by atoms with Crippen LogP contribution in [-0.4, -0.2) is 27.6 Å². The monoisotopic (exact) mass is 310 g/mol. The lowest BCUT2D eigenvalue weighted by molar-refractivity contribution is -0.856. The number of nitrogens with zero attached hydrogens (tertiary/aromatic N) is 1. The SMILES string of the molecule is COS(=O)(=O)O[n+]1ccc2[nH]c3ccccc3c2c1.C[O-]. The smallest absolute Gasteiger partial charge is 0.502 e. The van der Waals surface area contributed by atoms with E-state index in [4.69, 9.17) is 9.39 Å². The van der Waals surface area contributed by atoms with Gasteiger partial charge in [-0.3, -0.25) is 0 Å². The molecular formula is C13H14N2O5S. The van der Waals surface area contributed by atoms with Gasteiger partial charge in [0.05, 0.1) is 18.0 Å². The van der Waals surface area contributed by atoms with Crippen LogP contribution < -0.4 is 14.1 Å². The summed E-state index contributed by atoms with van der Waals surface area (Å²) in [7, 11) is -2.23. The number of para-hydroxylation sites is 1. The van der Waals surface area contributed by atoms with Crippen LogP contribution >= 0.6 is 0 Å². The summed E-state index contributed by atoms with van der Waals surface area (Å²) in [6, 6.07) is 9.48. The summed E-state index contributed by atoms with van der Waals surface area (Å²) in [6.07, 6.45) is 3.08. The number of pyridine rings is 1. The molecule has 0 amide bonds. The lowest BCUT2D eigenvalue weighted by Gasteiger charge is -1.96. The average molecular weight is 310 g/mol. The number of nitrogens with one attached hydrogen (secondary N) is 1. The van der Waals surface area contributed by atoms with Crippen molar-refractivity contribution in [2.75, 3.05) is 14.2 Å². The highest BCUT2D eigenvalue weighted by molar-refractivity contribution is 7.81. The van der Waals surface area contributed by atoms with Crippen LogP contribution in [0, 0.1) is 0 Å². The van der Waals surface area contributed by atoms with Crippen LogP contribution in [0.4, 0.5) is 0 Å². The van der Waals surface area contributed by atoms with Crippen molar-refractivity contribution < 1.29 is 26.7 Å². The molecule has 3 aromatic rings. The van der Waals surface area contributed by atoms with Gasteiger partial charge in [-0.25, -0.2) is 4.18 Å². The summed E-state index contributed by atoms with van der Waals surface area (Å²) in [4.78, 5) is 3.23. The van der Waals surface area contributed by atoms with Crippen LogP contribution in [0.5, 0.6) is 0 Å². The Morgan fingerprint density at radius 3 is 2.48 bits per heavy atom. The zero-order valence-electron chi connectivity index (χ0n) is 11.4. The Balaban J connectivity index is 0.000000774. The molecule has 0 aliphatic heterocycles. The molecule has 0 radical (unpaired) electrons. The zero-order chi connectivity index (χ0) is 15.5. The van der Waals surface area contributed by atoms with E-state index in [1.54, 1.807) is 12.3 Å². The van der Waals surface area contributed by atoms with E-state index in [1.165, 1.54) is 6.20 Å². The first kappa shape index (κ1) is 15.2. The molecule has 2 aromatic heterocycles. The standard InChI is InChI=1S/C12H10N2O4S.CH3O/c1-17-19(15,16)18-14-7-6-12-10(8-14)9-4-2-3-5-11(9)13-12;1-2/h2-8H,1H3;1H3/q;-1/p+1. The molecule has 0 atom stereocenters. The molecule has 0 aliphatic carbocycles. The molecule has 3 rings (SSSR count). The largest absolute Gasteiger partial charge is 0.857 e. The summed E-state index contributed by atoms with van der Waals surface area (Å²) in [5.74, 6) is 0. The van der Waals surface area contributed by atoms with E-state index < -0.39 is 10.4 Å². The normalized spacial score (nSPS) is 11.2. The highest BCUT2D eigenvalue weighted by Crippen LogP contribution is 2.23. The fraction of sp³-hybridized carbons (Fsp3) is 0.154. The Hall–Kier alpha value is -2.16. The van der Waals surface area contributed by atoms with Crippen LogP contribution in [0.1, 0.15) is 0 Å². The van der Waals surface area contributed by atoms with Gasteiger partial charge in [-0.15, -0.1) is 4.28 Å². The molecule has 0 aliphatic rings. The minimum atomic E-state index is -4.02. The fourth-order valence-corrected chi connectivity index (χ4v) is 2.32. The highest BCUT2D eigenvalue weighted by atomic mass is 32.3. The topological polar surface area (TPSA) is 95.3 Å². The van der Waals surface area contributed by atoms with E-state index in [0.29, 0.717) is 0 Å². The van der Waals surface area contributed by atoms with Gasteiger partial charge < -0.3 is 10.1 Å². The number of hydrogen-bond donors (Lipinski definition) is 1. The van der Waals surface area contributed by atoms with Crippen molar-refractivity contribution >= 4 is 32.2 Å². The quantitative estimate of drug-likeness (QED) is 0.682. The number of aromatic nitrogens is 2. The molecule has 0 spiro atoms. The van der Waals surface area contributed by atoms with Crippen LogP contribution in [0.2, 0.25) is 0 Å². The Labute approximate surface area is 121 Å².